The smallest absolute Gasteiger partial charge is 0.110 e. The molecule has 0 unspecified atom stereocenters. The molecule has 1 N–H and O–H groups in total. The molecule has 2 heterocycles. The van der Waals surface area contributed by atoms with Crippen LogP contribution in [0.15, 0.2) is 48.8 Å². The summed E-state index contributed by atoms with van der Waals surface area (Å²) in [5.74, 6) is 0.830. The third-order valence-corrected chi connectivity index (χ3v) is 3.29. The molecule has 5 heteroatoms. The van der Waals surface area contributed by atoms with E-state index < -0.39 is 0 Å². The molecule has 21 heavy (non-hydrogen) atoms. The number of nitriles is 1. The fourth-order valence-corrected chi connectivity index (χ4v) is 2.28. The molecule has 1 aromatic carbocycles. The summed E-state index contributed by atoms with van der Waals surface area (Å²) in [6, 6.07) is 13.2. The quantitative estimate of drug-likeness (QED) is 0.803. The van der Waals surface area contributed by atoms with Crippen LogP contribution < -0.4 is 0 Å². The van der Waals surface area contributed by atoms with Gasteiger partial charge in [0.15, 0.2) is 0 Å². The third kappa shape index (κ3) is 3.10. The standard InChI is InChI=1S/C16H11ClN4/c17-13-3-1-2-11(6-13)8-16-20-10-15(21-16)14-7-12(9-18)4-5-19-14/h1-7,10H,8H2,(H,20,21). The van der Waals surface area contributed by atoms with Gasteiger partial charge in [-0.1, -0.05) is 23.7 Å². The summed E-state index contributed by atoms with van der Waals surface area (Å²) in [6.45, 7) is 0. The molecule has 0 bridgehead atoms. The SMILES string of the molecule is N#Cc1ccnc(-c2cnc(Cc3cccc(Cl)c3)[nH]2)c1. The zero-order valence-electron chi connectivity index (χ0n) is 11.0. The van der Waals surface area contributed by atoms with Gasteiger partial charge >= 0.3 is 0 Å². The molecule has 0 saturated carbocycles. The Bertz CT molecular complexity index is 817. The van der Waals surface area contributed by atoms with Gasteiger partial charge < -0.3 is 4.98 Å². The Morgan fingerprint density at radius 1 is 1.19 bits per heavy atom. The molecule has 0 spiro atoms. The maximum absolute atomic E-state index is 8.92. The highest BCUT2D eigenvalue weighted by Crippen LogP contribution is 2.18. The summed E-state index contributed by atoms with van der Waals surface area (Å²) >= 11 is 5.97. The van der Waals surface area contributed by atoms with Gasteiger partial charge in [-0.2, -0.15) is 5.26 Å². The number of nitrogens with zero attached hydrogens (tertiary/aromatic N) is 3. The van der Waals surface area contributed by atoms with E-state index in [1.54, 1.807) is 24.5 Å². The molecular weight excluding hydrogens is 284 g/mol. The van der Waals surface area contributed by atoms with E-state index in [4.69, 9.17) is 16.9 Å². The molecule has 0 aliphatic rings. The Balaban J connectivity index is 1.85. The van der Waals surface area contributed by atoms with Crippen LogP contribution in [0, 0.1) is 11.3 Å². The lowest BCUT2D eigenvalue weighted by atomic mass is 10.1. The number of rotatable bonds is 3. The second-order valence-electron chi connectivity index (χ2n) is 4.59. The van der Waals surface area contributed by atoms with Gasteiger partial charge in [0.25, 0.3) is 0 Å². The lowest BCUT2D eigenvalue weighted by molar-refractivity contribution is 1.03. The second kappa shape index (κ2) is 5.78. The Morgan fingerprint density at radius 3 is 2.90 bits per heavy atom. The molecule has 4 nitrogen and oxygen atoms in total. The first-order valence-corrected chi connectivity index (χ1v) is 6.77. The van der Waals surface area contributed by atoms with Crippen LogP contribution in [-0.2, 0) is 6.42 Å². The number of benzene rings is 1. The molecule has 0 saturated heterocycles. The van der Waals surface area contributed by atoms with E-state index in [1.807, 2.05) is 24.3 Å². The Hall–Kier alpha value is -2.64. The van der Waals surface area contributed by atoms with Crippen LogP contribution in [0.25, 0.3) is 11.4 Å². The van der Waals surface area contributed by atoms with Crippen LogP contribution in [0.5, 0.6) is 0 Å². The molecule has 0 amide bonds. The fraction of sp³-hybridized carbons (Fsp3) is 0.0625. The van der Waals surface area contributed by atoms with Gasteiger partial charge in [-0.25, -0.2) is 4.98 Å². The van der Waals surface area contributed by atoms with Gasteiger partial charge in [-0.15, -0.1) is 0 Å². The minimum atomic E-state index is 0.575. The van der Waals surface area contributed by atoms with Crippen molar-refractivity contribution >= 4 is 11.6 Å². The van der Waals surface area contributed by atoms with E-state index in [2.05, 4.69) is 21.0 Å². The van der Waals surface area contributed by atoms with Gasteiger partial charge in [0, 0.05) is 17.6 Å². The van der Waals surface area contributed by atoms with Crippen LogP contribution in [0.4, 0.5) is 0 Å². The van der Waals surface area contributed by atoms with Crippen molar-refractivity contribution in [1.82, 2.24) is 15.0 Å². The average Bonchev–Trinajstić information content (AvgIpc) is 2.96. The zero-order chi connectivity index (χ0) is 14.7. The van der Waals surface area contributed by atoms with E-state index in [0.717, 1.165) is 17.1 Å². The minimum Gasteiger partial charge on any atom is -0.340 e. The number of hydrogen-bond acceptors (Lipinski definition) is 3. The van der Waals surface area contributed by atoms with Crippen molar-refractivity contribution in [3.05, 3.63) is 70.8 Å². The molecule has 0 fully saturated rings. The number of hydrogen-bond donors (Lipinski definition) is 1. The number of nitrogens with one attached hydrogen (secondary N) is 1. The predicted octanol–water partition coefficient (Wildman–Crippen LogP) is 3.59. The van der Waals surface area contributed by atoms with Gasteiger partial charge in [0.2, 0.25) is 0 Å². The van der Waals surface area contributed by atoms with Gasteiger partial charge in [-0.05, 0) is 29.8 Å². The van der Waals surface area contributed by atoms with Crippen molar-refractivity contribution in [3.63, 3.8) is 0 Å². The maximum atomic E-state index is 8.92. The first kappa shape index (κ1) is 13.3. The van der Waals surface area contributed by atoms with Gasteiger partial charge in [-0.3, -0.25) is 4.98 Å². The van der Waals surface area contributed by atoms with Gasteiger partial charge in [0.1, 0.15) is 5.82 Å². The van der Waals surface area contributed by atoms with Crippen molar-refractivity contribution in [2.24, 2.45) is 0 Å². The Morgan fingerprint density at radius 2 is 2.10 bits per heavy atom. The molecule has 0 atom stereocenters. The Kier molecular flexibility index (Phi) is 3.67. The molecule has 2 aromatic heterocycles. The molecular formula is C16H11ClN4. The summed E-state index contributed by atoms with van der Waals surface area (Å²) in [6.07, 6.45) is 4.01. The highest BCUT2D eigenvalue weighted by molar-refractivity contribution is 6.30. The predicted molar refractivity (Wildman–Crippen MR) is 80.8 cm³/mol. The normalized spacial score (nSPS) is 10.3. The van der Waals surface area contributed by atoms with E-state index in [0.29, 0.717) is 22.7 Å². The summed E-state index contributed by atoms with van der Waals surface area (Å²) in [4.78, 5) is 11.8. The van der Waals surface area contributed by atoms with E-state index in [-0.39, 0.29) is 0 Å². The molecule has 3 rings (SSSR count). The highest BCUT2D eigenvalue weighted by atomic mass is 35.5. The van der Waals surface area contributed by atoms with E-state index in [9.17, 15) is 0 Å². The molecule has 3 aromatic rings. The van der Waals surface area contributed by atoms with Crippen molar-refractivity contribution < 1.29 is 0 Å². The number of imidazole rings is 1. The summed E-state index contributed by atoms with van der Waals surface area (Å²) in [5, 5.41) is 9.63. The van der Waals surface area contributed by atoms with Crippen LogP contribution in [0.1, 0.15) is 17.0 Å². The average molecular weight is 295 g/mol. The van der Waals surface area contributed by atoms with Crippen LogP contribution >= 0.6 is 11.6 Å². The summed E-state index contributed by atoms with van der Waals surface area (Å²) in [5.41, 5.74) is 3.16. The van der Waals surface area contributed by atoms with Crippen molar-refractivity contribution in [1.29, 1.82) is 5.26 Å². The van der Waals surface area contributed by atoms with Crippen LogP contribution in [-0.4, -0.2) is 15.0 Å². The number of H-pyrrole nitrogens is 1. The lowest BCUT2D eigenvalue weighted by Gasteiger charge is -1.99. The third-order valence-electron chi connectivity index (χ3n) is 3.05. The number of halogens is 1. The number of aromatic amines is 1. The number of pyridine rings is 1. The monoisotopic (exact) mass is 294 g/mol. The summed E-state index contributed by atoms with van der Waals surface area (Å²) in [7, 11) is 0. The van der Waals surface area contributed by atoms with Crippen molar-refractivity contribution in [2.45, 2.75) is 6.42 Å². The number of aromatic nitrogens is 3. The van der Waals surface area contributed by atoms with E-state index >= 15 is 0 Å². The molecule has 0 radical (unpaired) electrons. The maximum Gasteiger partial charge on any atom is 0.110 e. The first-order chi connectivity index (χ1) is 10.2. The van der Waals surface area contributed by atoms with Crippen LogP contribution in [0.2, 0.25) is 5.02 Å². The van der Waals surface area contributed by atoms with Crippen molar-refractivity contribution in [2.75, 3.05) is 0 Å². The zero-order valence-corrected chi connectivity index (χ0v) is 11.8. The summed E-state index contributed by atoms with van der Waals surface area (Å²) < 4.78 is 0. The van der Waals surface area contributed by atoms with Crippen molar-refractivity contribution in [3.8, 4) is 17.5 Å². The van der Waals surface area contributed by atoms with Crippen LogP contribution in [0.3, 0.4) is 0 Å². The second-order valence-corrected chi connectivity index (χ2v) is 5.03. The molecule has 0 aliphatic carbocycles. The van der Waals surface area contributed by atoms with Gasteiger partial charge in [0.05, 0.1) is 29.2 Å². The fourth-order valence-electron chi connectivity index (χ4n) is 2.07. The first-order valence-electron chi connectivity index (χ1n) is 6.39. The minimum absolute atomic E-state index is 0.575. The van der Waals surface area contributed by atoms with E-state index in [1.165, 1.54) is 0 Å². The molecule has 102 valence electrons. The highest BCUT2D eigenvalue weighted by Gasteiger charge is 2.06. The lowest BCUT2D eigenvalue weighted by Crippen LogP contribution is -1.91. The molecule has 0 aliphatic heterocycles. The largest absolute Gasteiger partial charge is 0.340 e. The topological polar surface area (TPSA) is 65.4 Å². The Labute approximate surface area is 127 Å².